The summed E-state index contributed by atoms with van der Waals surface area (Å²) in [6.45, 7) is 0.337. The van der Waals surface area contributed by atoms with Crippen LogP contribution in [0.25, 0.3) is 0 Å². The molecule has 0 amide bonds. The zero-order valence-electron chi connectivity index (χ0n) is 10.2. The van der Waals surface area contributed by atoms with Crippen LogP contribution in [0.5, 0.6) is 0 Å². The number of ether oxygens (including phenoxy) is 1. The van der Waals surface area contributed by atoms with Crippen molar-refractivity contribution in [2.24, 2.45) is 5.92 Å². The summed E-state index contributed by atoms with van der Waals surface area (Å²) >= 11 is 0. The summed E-state index contributed by atoms with van der Waals surface area (Å²) in [7, 11) is 0. The van der Waals surface area contributed by atoms with Gasteiger partial charge in [-0.3, -0.25) is 0 Å². The standard InChI is InChI=1S/C14H18F2O2/c15-13-3-1-2-11(14(13)16)9-18-12-6-4-10(8-17)5-7-12/h1-3,10,12,17H,4-9H2. The molecule has 2 nitrogen and oxygen atoms in total. The van der Waals surface area contributed by atoms with Crippen LogP contribution in [-0.4, -0.2) is 17.8 Å². The summed E-state index contributed by atoms with van der Waals surface area (Å²) in [6, 6.07) is 4.13. The molecule has 1 aliphatic carbocycles. The molecular weight excluding hydrogens is 238 g/mol. The van der Waals surface area contributed by atoms with E-state index in [9.17, 15) is 8.78 Å². The van der Waals surface area contributed by atoms with Crippen molar-refractivity contribution >= 4 is 0 Å². The molecule has 1 aromatic rings. The van der Waals surface area contributed by atoms with Crippen molar-refractivity contribution in [3.63, 3.8) is 0 Å². The van der Waals surface area contributed by atoms with Gasteiger partial charge >= 0.3 is 0 Å². The Morgan fingerprint density at radius 1 is 1.17 bits per heavy atom. The van der Waals surface area contributed by atoms with E-state index in [2.05, 4.69) is 0 Å². The van der Waals surface area contributed by atoms with Crippen LogP contribution in [0.4, 0.5) is 8.78 Å². The van der Waals surface area contributed by atoms with Crippen molar-refractivity contribution in [2.75, 3.05) is 6.61 Å². The van der Waals surface area contributed by atoms with Crippen molar-refractivity contribution in [3.8, 4) is 0 Å². The number of hydrogen-bond donors (Lipinski definition) is 1. The van der Waals surface area contributed by atoms with Crippen molar-refractivity contribution in [1.82, 2.24) is 0 Å². The Kier molecular flexibility index (Phi) is 4.66. The molecule has 1 N–H and O–H groups in total. The Hall–Kier alpha value is -1.00. The topological polar surface area (TPSA) is 29.5 Å². The minimum Gasteiger partial charge on any atom is -0.396 e. The van der Waals surface area contributed by atoms with Crippen molar-refractivity contribution in [3.05, 3.63) is 35.4 Å². The zero-order chi connectivity index (χ0) is 13.0. The average molecular weight is 256 g/mol. The summed E-state index contributed by atoms with van der Waals surface area (Å²) in [5, 5.41) is 9.02. The summed E-state index contributed by atoms with van der Waals surface area (Å²) in [5.41, 5.74) is 0.263. The molecule has 1 fully saturated rings. The van der Waals surface area contributed by atoms with E-state index in [0.29, 0.717) is 5.92 Å². The third-order valence-corrected chi connectivity index (χ3v) is 3.56. The van der Waals surface area contributed by atoms with Crippen LogP contribution in [0, 0.1) is 17.6 Å². The van der Waals surface area contributed by atoms with Gasteiger partial charge in [0.15, 0.2) is 11.6 Å². The van der Waals surface area contributed by atoms with Crippen LogP contribution in [0.15, 0.2) is 18.2 Å². The minimum absolute atomic E-state index is 0.0930. The molecule has 1 aliphatic rings. The average Bonchev–Trinajstić information content (AvgIpc) is 2.41. The quantitative estimate of drug-likeness (QED) is 0.897. The summed E-state index contributed by atoms with van der Waals surface area (Å²) < 4.78 is 32.0. The number of hydrogen-bond acceptors (Lipinski definition) is 2. The SMILES string of the molecule is OCC1CCC(OCc2cccc(F)c2F)CC1. The Morgan fingerprint density at radius 3 is 2.56 bits per heavy atom. The van der Waals surface area contributed by atoms with Crippen molar-refractivity contribution in [1.29, 1.82) is 0 Å². The van der Waals surface area contributed by atoms with Gasteiger partial charge in [0.05, 0.1) is 12.7 Å². The fraction of sp³-hybridized carbons (Fsp3) is 0.571. The molecule has 0 radical (unpaired) electrons. The highest BCUT2D eigenvalue weighted by Crippen LogP contribution is 2.26. The number of benzene rings is 1. The van der Waals surface area contributed by atoms with Gasteiger partial charge in [0.25, 0.3) is 0 Å². The first-order valence-electron chi connectivity index (χ1n) is 6.36. The Labute approximate surface area is 106 Å². The van der Waals surface area contributed by atoms with Crippen molar-refractivity contribution < 1.29 is 18.6 Å². The van der Waals surface area contributed by atoms with E-state index < -0.39 is 11.6 Å². The number of halogens is 2. The van der Waals surface area contributed by atoms with Gasteiger partial charge in [-0.05, 0) is 37.7 Å². The molecule has 0 bridgehead atoms. The van der Waals surface area contributed by atoms with Crippen LogP contribution in [0.3, 0.4) is 0 Å². The zero-order valence-corrected chi connectivity index (χ0v) is 10.2. The van der Waals surface area contributed by atoms with E-state index in [1.54, 1.807) is 0 Å². The number of rotatable bonds is 4. The van der Waals surface area contributed by atoms with Gasteiger partial charge in [-0.1, -0.05) is 12.1 Å². The Balaban J connectivity index is 1.83. The molecule has 0 spiro atoms. The predicted octanol–water partition coefficient (Wildman–Crippen LogP) is 3.03. The van der Waals surface area contributed by atoms with E-state index in [1.807, 2.05) is 0 Å². The molecule has 2 rings (SSSR count). The van der Waals surface area contributed by atoms with Crippen LogP contribution < -0.4 is 0 Å². The van der Waals surface area contributed by atoms with E-state index in [4.69, 9.17) is 9.84 Å². The fourth-order valence-corrected chi connectivity index (χ4v) is 2.35. The lowest BCUT2D eigenvalue weighted by molar-refractivity contribution is -0.0000393. The minimum atomic E-state index is -0.833. The summed E-state index contributed by atoms with van der Waals surface area (Å²) in [4.78, 5) is 0. The van der Waals surface area contributed by atoms with Gasteiger partial charge in [-0.2, -0.15) is 0 Å². The summed E-state index contributed by atoms with van der Waals surface area (Å²) in [5.74, 6) is -1.28. The second-order valence-electron chi connectivity index (χ2n) is 4.85. The first-order valence-corrected chi connectivity index (χ1v) is 6.36. The highest BCUT2D eigenvalue weighted by Gasteiger charge is 2.21. The molecule has 0 atom stereocenters. The van der Waals surface area contributed by atoms with Gasteiger partial charge < -0.3 is 9.84 Å². The first kappa shape index (κ1) is 13.4. The normalized spacial score (nSPS) is 24.2. The Morgan fingerprint density at radius 2 is 1.89 bits per heavy atom. The second-order valence-corrected chi connectivity index (χ2v) is 4.85. The van der Waals surface area contributed by atoms with E-state index in [1.165, 1.54) is 12.1 Å². The van der Waals surface area contributed by atoms with Crippen LogP contribution in [0.1, 0.15) is 31.2 Å². The van der Waals surface area contributed by atoms with Gasteiger partial charge in [-0.25, -0.2) is 8.78 Å². The van der Waals surface area contributed by atoms with Crippen LogP contribution in [0.2, 0.25) is 0 Å². The van der Waals surface area contributed by atoms with Gasteiger partial charge in [0.2, 0.25) is 0 Å². The lowest BCUT2D eigenvalue weighted by Crippen LogP contribution is -2.23. The maximum atomic E-state index is 13.4. The molecule has 0 aromatic heterocycles. The van der Waals surface area contributed by atoms with Gasteiger partial charge in [-0.15, -0.1) is 0 Å². The third kappa shape index (κ3) is 3.27. The monoisotopic (exact) mass is 256 g/mol. The maximum absolute atomic E-state index is 13.4. The van der Waals surface area contributed by atoms with E-state index in [-0.39, 0.29) is 24.9 Å². The molecule has 0 saturated heterocycles. The first-order chi connectivity index (χ1) is 8.70. The van der Waals surface area contributed by atoms with Gasteiger partial charge in [0, 0.05) is 12.2 Å². The highest BCUT2D eigenvalue weighted by atomic mass is 19.2. The van der Waals surface area contributed by atoms with Crippen LogP contribution >= 0.6 is 0 Å². The molecule has 18 heavy (non-hydrogen) atoms. The molecule has 1 saturated carbocycles. The highest BCUT2D eigenvalue weighted by molar-refractivity contribution is 5.18. The van der Waals surface area contributed by atoms with Crippen LogP contribution in [-0.2, 0) is 11.3 Å². The lowest BCUT2D eigenvalue weighted by atomic mass is 9.88. The molecule has 0 heterocycles. The smallest absolute Gasteiger partial charge is 0.164 e. The van der Waals surface area contributed by atoms with Crippen molar-refractivity contribution in [2.45, 2.75) is 38.4 Å². The van der Waals surface area contributed by atoms with Gasteiger partial charge in [0.1, 0.15) is 0 Å². The summed E-state index contributed by atoms with van der Waals surface area (Å²) in [6.07, 6.45) is 3.72. The predicted molar refractivity (Wildman–Crippen MR) is 64.0 cm³/mol. The molecule has 0 aliphatic heterocycles. The maximum Gasteiger partial charge on any atom is 0.164 e. The Bertz CT molecular complexity index is 387. The fourth-order valence-electron chi connectivity index (χ4n) is 2.35. The van der Waals surface area contributed by atoms with E-state index in [0.717, 1.165) is 31.7 Å². The lowest BCUT2D eigenvalue weighted by Gasteiger charge is -2.27. The second kappa shape index (κ2) is 6.25. The largest absolute Gasteiger partial charge is 0.396 e. The molecule has 1 aromatic carbocycles. The van der Waals surface area contributed by atoms with E-state index >= 15 is 0 Å². The number of aliphatic hydroxyl groups excluding tert-OH is 1. The molecule has 4 heteroatoms. The molecular formula is C14H18F2O2. The third-order valence-electron chi connectivity index (χ3n) is 3.56. The molecule has 0 unspecified atom stereocenters. The number of aliphatic hydroxyl groups is 1. The molecule has 100 valence electrons.